The Morgan fingerprint density at radius 3 is 0.944 bits per heavy atom. The number of quaternary nitrogens is 1. The highest BCUT2D eigenvalue weighted by molar-refractivity contribution is 7.47. The normalized spacial score (nSPS) is 13.7. The van der Waals surface area contributed by atoms with Gasteiger partial charge in [-0.2, -0.15) is 0 Å². The molecule has 3 N–H and O–H groups in total. The molecular formula is C62H128N2O6P+. The number of hydrogen-bond donors (Lipinski definition) is 3. The molecule has 0 saturated carbocycles. The van der Waals surface area contributed by atoms with E-state index in [2.05, 4.69) is 19.2 Å². The number of unbranched alkanes of at least 4 members (excludes halogenated alkanes) is 47. The highest BCUT2D eigenvalue weighted by Gasteiger charge is 2.28. The molecule has 0 spiro atoms. The highest BCUT2D eigenvalue weighted by atomic mass is 31.2. The van der Waals surface area contributed by atoms with Crippen molar-refractivity contribution in [1.29, 1.82) is 0 Å². The van der Waals surface area contributed by atoms with E-state index in [0.29, 0.717) is 23.9 Å². The van der Waals surface area contributed by atoms with E-state index in [1.807, 2.05) is 21.1 Å². The van der Waals surface area contributed by atoms with E-state index in [4.69, 9.17) is 9.05 Å². The van der Waals surface area contributed by atoms with Crippen LogP contribution >= 0.6 is 7.82 Å². The van der Waals surface area contributed by atoms with Gasteiger partial charge in [-0.05, 0) is 12.8 Å². The molecule has 3 unspecified atom stereocenters. The Hall–Kier alpha value is -0.500. The molecule has 0 fully saturated rings. The molecule has 0 saturated heterocycles. The second-order valence-electron chi connectivity index (χ2n) is 23.5. The predicted molar refractivity (Wildman–Crippen MR) is 309 cm³/mol. The average molecular weight is 1030 g/mol. The van der Waals surface area contributed by atoms with E-state index in [1.165, 1.54) is 276 Å². The summed E-state index contributed by atoms with van der Waals surface area (Å²) in [6, 6.07) is -0.756. The molecule has 426 valence electrons. The van der Waals surface area contributed by atoms with E-state index in [-0.39, 0.29) is 19.1 Å². The second kappa shape index (κ2) is 54.3. The van der Waals surface area contributed by atoms with Crippen molar-refractivity contribution in [3.05, 3.63) is 0 Å². The van der Waals surface area contributed by atoms with Gasteiger partial charge >= 0.3 is 7.82 Å². The lowest BCUT2D eigenvalue weighted by molar-refractivity contribution is -0.870. The lowest BCUT2D eigenvalue weighted by Crippen LogP contribution is -2.46. The summed E-state index contributed by atoms with van der Waals surface area (Å²) in [6.07, 6.45) is 66.1. The van der Waals surface area contributed by atoms with Crippen LogP contribution in [0.3, 0.4) is 0 Å². The number of nitrogens with zero attached hydrogens (tertiary/aromatic N) is 1. The minimum atomic E-state index is -4.32. The molecule has 3 atom stereocenters. The van der Waals surface area contributed by atoms with Crippen LogP contribution in [-0.4, -0.2) is 73.4 Å². The monoisotopic (exact) mass is 1030 g/mol. The Morgan fingerprint density at radius 2 is 0.676 bits per heavy atom. The molecule has 0 aliphatic carbocycles. The Balaban J connectivity index is 4.05. The van der Waals surface area contributed by atoms with Crippen LogP contribution in [0, 0.1) is 0 Å². The van der Waals surface area contributed by atoms with Crippen molar-refractivity contribution in [2.45, 2.75) is 353 Å². The van der Waals surface area contributed by atoms with Crippen LogP contribution in [0.4, 0.5) is 0 Å². The Labute approximate surface area is 444 Å². The summed E-state index contributed by atoms with van der Waals surface area (Å²) in [5.74, 6) is -0.134. The van der Waals surface area contributed by atoms with E-state index in [0.717, 1.165) is 38.5 Å². The summed E-state index contributed by atoms with van der Waals surface area (Å²) in [5, 5.41) is 14.1. The minimum absolute atomic E-state index is 0.0793. The third-order valence-electron chi connectivity index (χ3n) is 15.1. The summed E-state index contributed by atoms with van der Waals surface area (Å²) in [6.45, 7) is 4.96. The zero-order valence-corrected chi connectivity index (χ0v) is 49.7. The first-order valence-electron chi connectivity index (χ1n) is 31.9. The van der Waals surface area contributed by atoms with Crippen molar-refractivity contribution in [2.24, 2.45) is 0 Å². The molecule has 0 aliphatic rings. The molecule has 0 aliphatic heterocycles. The first-order valence-corrected chi connectivity index (χ1v) is 33.4. The van der Waals surface area contributed by atoms with Crippen molar-refractivity contribution in [2.75, 3.05) is 40.9 Å². The number of hydrogen-bond acceptors (Lipinski definition) is 5. The smallest absolute Gasteiger partial charge is 0.391 e. The SMILES string of the molecule is CCCCCCCCCCCCCCCCCCCCCCCCCCCCC(=O)NC(COP(=O)(O)OCC[N+](C)(C)C)C(O)CCCCCCCCCCCCCCCCCCCCCCCCC. The Kier molecular flexibility index (Phi) is 53.9. The fourth-order valence-electron chi connectivity index (χ4n) is 10.1. The van der Waals surface area contributed by atoms with Gasteiger partial charge in [0, 0.05) is 6.42 Å². The van der Waals surface area contributed by atoms with Gasteiger partial charge in [-0.25, -0.2) is 4.57 Å². The molecule has 8 nitrogen and oxygen atoms in total. The fourth-order valence-corrected chi connectivity index (χ4v) is 10.8. The molecule has 0 aromatic rings. The van der Waals surface area contributed by atoms with Gasteiger partial charge in [-0.1, -0.05) is 322 Å². The number of phosphoric ester groups is 1. The van der Waals surface area contributed by atoms with Gasteiger partial charge in [0.1, 0.15) is 13.2 Å². The number of carbonyl (C=O) groups is 1. The van der Waals surface area contributed by atoms with Gasteiger partial charge < -0.3 is 19.8 Å². The Bertz CT molecular complexity index is 1120. The maximum atomic E-state index is 13.0. The van der Waals surface area contributed by atoms with Crippen LogP contribution < -0.4 is 5.32 Å². The zero-order chi connectivity index (χ0) is 52.0. The third kappa shape index (κ3) is 57.1. The summed E-state index contributed by atoms with van der Waals surface area (Å²) in [7, 11) is 1.64. The van der Waals surface area contributed by atoms with Gasteiger partial charge in [0.05, 0.1) is 39.9 Å². The van der Waals surface area contributed by atoms with Crippen LogP contribution in [0.1, 0.15) is 341 Å². The van der Waals surface area contributed by atoms with Gasteiger partial charge in [-0.15, -0.1) is 0 Å². The van der Waals surface area contributed by atoms with Crippen molar-refractivity contribution >= 4 is 13.7 Å². The maximum absolute atomic E-state index is 13.0. The molecule has 71 heavy (non-hydrogen) atoms. The van der Waals surface area contributed by atoms with Crippen molar-refractivity contribution in [3.63, 3.8) is 0 Å². The largest absolute Gasteiger partial charge is 0.472 e. The van der Waals surface area contributed by atoms with Gasteiger partial charge in [-0.3, -0.25) is 13.8 Å². The quantitative estimate of drug-likeness (QED) is 0.0318. The third-order valence-corrected chi connectivity index (χ3v) is 16.1. The van der Waals surface area contributed by atoms with E-state index < -0.39 is 20.0 Å². The fraction of sp³-hybridized carbons (Fsp3) is 0.984. The number of aliphatic hydroxyl groups excluding tert-OH is 1. The van der Waals surface area contributed by atoms with Crippen LogP contribution in [0.25, 0.3) is 0 Å². The first kappa shape index (κ1) is 70.5. The number of rotatable bonds is 60. The summed E-state index contributed by atoms with van der Waals surface area (Å²) < 4.78 is 23.9. The van der Waals surface area contributed by atoms with Gasteiger partial charge in [0.15, 0.2) is 0 Å². The number of aliphatic hydroxyl groups is 1. The Morgan fingerprint density at radius 1 is 0.423 bits per heavy atom. The number of carbonyl (C=O) groups excluding carboxylic acids is 1. The molecule has 0 aromatic carbocycles. The molecule has 0 radical (unpaired) electrons. The van der Waals surface area contributed by atoms with E-state index in [9.17, 15) is 19.4 Å². The van der Waals surface area contributed by atoms with Crippen LogP contribution in [0.15, 0.2) is 0 Å². The number of nitrogens with one attached hydrogen (secondary N) is 1. The first-order chi connectivity index (χ1) is 34.5. The molecular weight excluding hydrogens is 900 g/mol. The van der Waals surface area contributed by atoms with Crippen molar-refractivity contribution < 1.29 is 32.9 Å². The van der Waals surface area contributed by atoms with Gasteiger partial charge in [0.25, 0.3) is 0 Å². The molecule has 0 heterocycles. The topological polar surface area (TPSA) is 105 Å². The van der Waals surface area contributed by atoms with Crippen LogP contribution in [0.5, 0.6) is 0 Å². The average Bonchev–Trinajstić information content (AvgIpc) is 3.33. The summed E-state index contributed by atoms with van der Waals surface area (Å²) in [5.41, 5.74) is 0. The van der Waals surface area contributed by atoms with Crippen LogP contribution in [0.2, 0.25) is 0 Å². The number of phosphoric acid groups is 1. The molecule has 0 bridgehead atoms. The summed E-state index contributed by atoms with van der Waals surface area (Å²) >= 11 is 0. The molecule has 0 aromatic heterocycles. The molecule has 0 rings (SSSR count). The van der Waals surface area contributed by atoms with Crippen LogP contribution in [-0.2, 0) is 18.4 Å². The lowest BCUT2D eigenvalue weighted by Gasteiger charge is -2.26. The maximum Gasteiger partial charge on any atom is 0.472 e. The van der Waals surface area contributed by atoms with E-state index in [1.54, 1.807) is 0 Å². The molecule has 1 amide bonds. The summed E-state index contributed by atoms with van der Waals surface area (Å²) in [4.78, 5) is 23.4. The van der Waals surface area contributed by atoms with E-state index >= 15 is 0 Å². The predicted octanol–water partition coefficient (Wildman–Crippen LogP) is 19.6. The standard InChI is InChI=1S/C62H127N2O6P/c1-6-8-10-12-14-16-18-20-22-24-26-28-30-31-32-34-36-38-40-42-44-46-48-50-52-54-56-62(66)63-60(59-70-71(67,68)69-58-57-64(3,4)5)61(65)55-53-51-49-47-45-43-41-39-37-35-33-29-27-25-23-21-19-17-15-13-11-9-7-2/h60-61,65H,6-59H2,1-5H3,(H-,63,66,67,68)/p+1. The molecule has 9 heteroatoms. The van der Waals surface area contributed by atoms with Gasteiger partial charge in [0.2, 0.25) is 5.91 Å². The number of likely N-dealkylation sites (N-methyl/N-ethyl adjacent to an activating group) is 1. The zero-order valence-electron chi connectivity index (χ0n) is 48.8. The second-order valence-corrected chi connectivity index (χ2v) is 25.0. The number of amides is 1. The minimum Gasteiger partial charge on any atom is -0.391 e. The van der Waals surface area contributed by atoms with Crippen molar-refractivity contribution in [1.82, 2.24) is 5.32 Å². The lowest BCUT2D eigenvalue weighted by atomic mass is 10.0. The highest BCUT2D eigenvalue weighted by Crippen LogP contribution is 2.43. The van der Waals surface area contributed by atoms with Crippen molar-refractivity contribution in [3.8, 4) is 0 Å².